The first kappa shape index (κ1) is 8.74. The molecule has 0 aromatic carbocycles. The second-order valence-electron chi connectivity index (χ2n) is 2.96. The molecule has 0 amide bonds. The van der Waals surface area contributed by atoms with Gasteiger partial charge in [0.05, 0.1) is 24.6 Å². The summed E-state index contributed by atoms with van der Waals surface area (Å²) in [6.07, 6.45) is 3.77. The molecule has 0 bridgehead atoms. The molecule has 2 aromatic rings. The Kier molecular flexibility index (Phi) is 2.18. The van der Waals surface area contributed by atoms with E-state index >= 15 is 0 Å². The first-order valence-corrected chi connectivity index (χ1v) is 4.29. The number of carbonyl (C=O) groups excluding carboxylic acids is 1. The third-order valence-electron chi connectivity index (χ3n) is 2.10. The van der Waals surface area contributed by atoms with Crippen LogP contribution in [0.1, 0.15) is 5.56 Å². The fourth-order valence-electron chi connectivity index (χ4n) is 1.39. The highest BCUT2D eigenvalue weighted by atomic mass is 16.5. The fourth-order valence-corrected chi connectivity index (χ4v) is 1.39. The van der Waals surface area contributed by atoms with Crippen LogP contribution in [-0.2, 0) is 16.0 Å². The van der Waals surface area contributed by atoms with Crippen LogP contribution < -0.4 is 0 Å². The van der Waals surface area contributed by atoms with E-state index in [1.807, 2.05) is 12.1 Å². The van der Waals surface area contributed by atoms with Gasteiger partial charge in [-0.15, -0.1) is 0 Å². The maximum atomic E-state index is 11.1. The van der Waals surface area contributed by atoms with Crippen molar-refractivity contribution in [1.29, 1.82) is 0 Å². The number of hydrogen-bond acceptors (Lipinski definition) is 3. The van der Waals surface area contributed by atoms with Crippen LogP contribution in [-0.4, -0.2) is 23.0 Å². The fraction of sp³-hybridized carbons (Fsp3) is 0.200. The predicted molar refractivity (Wildman–Crippen MR) is 51.8 cm³/mol. The number of carbonyl (C=O) groups is 1. The highest BCUT2D eigenvalue weighted by molar-refractivity contribution is 5.83. The number of fused-ring (bicyclic) bond motifs is 1. The van der Waals surface area contributed by atoms with Gasteiger partial charge in [-0.1, -0.05) is 0 Å². The normalized spacial score (nSPS) is 10.4. The molecule has 0 spiro atoms. The van der Waals surface area contributed by atoms with Crippen molar-refractivity contribution in [1.82, 2.24) is 9.97 Å². The van der Waals surface area contributed by atoms with Crippen LogP contribution in [0.4, 0.5) is 0 Å². The lowest BCUT2D eigenvalue weighted by molar-refractivity contribution is -0.139. The molecule has 0 fully saturated rings. The molecule has 72 valence electrons. The summed E-state index contributed by atoms with van der Waals surface area (Å²) in [5, 5.41) is 0. The van der Waals surface area contributed by atoms with E-state index in [0.29, 0.717) is 0 Å². The van der Waals surface area contributed by atoms with Gasteiger partial charge >= 0.3 is 5.97 Å². The molecule has 4 heteroatoms. The molecule has 0 aliphatic rings. The van der Waals surface area contributed by atoms with Gasteiger partial charge in [-0.2, -0.15) is 0 Å². The second kappa shape index (κ2) is 3.49. The van der Waals surface area contributed by atoms with Crippen molar-refractivity contribution in [2.75, 3.05) is 7.11 Å². The topological polar surface area (TPSA) is 55.0 Å². The Morgan fingerprint density at radius 2 is 2.43 bits per heavy atom. The number of aromatic amines is 1. The number of esters is 1. The van der Waals surface area contributed by atoms with Crippen molar-refractivity contribution in [3.05, 3.63) is 30.1 Å². The first-order chi connectivity index (χ1) is 6.81. The molecule has 2 heterocycles. The van der Waals surface area contributed by atoms with Gasteiger partial charge in [0, 0.05) is 12.4 Å². The van der Waals surface area contributed by atoms with Crippen LogP contribution in [0, 0.1) is 0 Å². The summed E-state index contributed by atoms with van der Waals surface area (Å²) in [6.45, 7) is 0. The number of H-pyrrole nitrogens is 1. The van der Waals surface area contributed by atoms with Crippen molar-refractivity contribution >= 4 is 17.0 Å². The van der Waals surface area contributed by atoms with Crippen LogP contribution in [0.3, 0.4) is 0 Å². The van der Waals surface area contributed by atoms with E-state index < -0.39 is 0 Å². The quantitative estimate of drug-likeness (QED) is 0.726. The molecule has 2 rings (SSSR count). The zero-order valence-electron chi connectivity index (χ0n) is 7.78. The van der Waals surface area contributed by atoms with Crippen LogP contribution in [0.5, 0.6) is 0 Å². The van der Waals surface area contributed by atoms with Gasteiger partial charge in [0.1, 0.15) is 0 Å². The van der Waals surface area contributed by atoms with Gasteiger partial charge < -0.3 is 9.72 Å². The molecule has 0 radical (unpaired) electrons. The lowest BCUT2D eigenvalue weighted by atomic mass is 10.1. The molecule has 0 atom stereocenters. The van der Waals surface area contributed by atoms with Crippen LogP contribution >= 0.6 is 0 Å². The second-order valence-corrected chi connectivity index (χ2v) is 2.96. The third kappa shape index (κ3) is 1.46. The minimum atomic E-state index is -0.243. The molecule has 0 saturated heterocycles. The van der Waals surface area contributed by atoms with Gasteiger partial charge in [-0.3, -0.25) is 9.78 Å². The number of aromatic nitrogens is 2. The molecule has 1 N–H and O–H groups in total. The van der Waals surface area contributed by atoms with Crippen LogP contribution in [0.15, 0.2) is 24.5 Å². The van der Waals surface area contributed by atoms with Crippen molar-refractivity contribution in [2.24, 2.45) is 0 Å². The zero-order valence-corrected chi connectivity index (χ0v) is 7.78. The predicted octanol–water partition coefficient (Wildman–Crippen LogP) is 1.28. The van der Waals surface area contributed by atoms with Gasteiger partial charge in [-0.25, -0.2) is 0 Å². The molecule has 0 saturated carbocycles. The molecule has 0 aliphatic carbocycles. The summed E-state index contributed by atoms with van der Waals surface area (Å²) >= 11 is 0. The number of nitrogens with one attached hydrogen (secondary N) is 1. The van der Waals surface area contributed by atoms with E-state index in [9.17, 15) is 4.79 Å². The minimum Gasteiger partial charge on any atom is -0.469 e. The molecular formula is C10H10N2O2. The Morgan fingerprint density at radius 1 is 1.57 bits per heavy atom. The monoisotopic (exact) mass is 190 g/mol. The van der Waals surface area contributed by atoms with E-state index in [0.717, 1.165) is 16.6 Å². The number of ether oxygens (including phenoxy) is 1. The summed E-state index contributed by atoms with van der Waals surface area (Å²) in [5.41, 5.74) is 2.68. The van der Waals surface area contributed by atoms with Gasteiger partial charge in [0.2, 0.25) is 0 Å². The van der Waals surface area contributed by atoms with Crippen molar-refractivity contribution in [3.8, 4) is 0 Å². The van der Waals surface area contributed by atoms with Crippen molar-refractivity contribution in [3.63, 3.8) is 0 Å². The molecule has 0 aliphatic heterocycles. The number of nitrogens with zero attached hydrogens (tertiary/aromatic N) is 1. The smallest absolute Gasteiger partial charge is 0.310 e. The lowest BCUT2D eigenvalue weighted by Crippen LogP contribution is -2.04. The maximum absolute atomic E-state index is 11.1. The Hall–Kier alpha value is -1.84. The standard InChI is InChI=1S/C10H10N2O2/c1-14-9(13)6-7-2-4-11-8-3-5-12-10(7)8/h2-5,12H,6H2,1H3. The largest absolute Gasteiger partial charge is 0.469 e. The zero-order chi connectivity index (χ0) is 9.97. The Labute approximate surface area is 80.9 Å². The first-order valence-electron chi connectivity index (χ1n) is 4.29. The van der Waals surface area contributed by atoms with Gasteiger partial charge in [-0.05, 0) is 17.7 Å². The highest BCUT2D eigenvalue weighted by Crippen LogP contribution is 2.14. The number of pyridine rings is 1. The number of methoxy groups -OCH3 is 1. The summed E-state index contributed by atoms with van der Waals surface area (Å²) < 4.78 is 4.61. The van der Waals surface area contributed by atoms with Crippen molar-refractivity contribution < 1.29 is 9.53 Å². The van der Waals surface area contributed by atoms with E-state index in [-0.39, 0.29) is 12.4 Å². The number of rotatable bonds is 2. The molecule has 4 nitrogen and oxygen atoms in total. The maximum Gasteiger partial charge on any atom is 0.310 e. The van der Waals surface area contributed by atoms with E-state index in [2.05, 4.69) is 14.7 Å². The van der Waals surface area contributed by atoms with Crippen LogP contribution in [0.25, 0.3) is 11.0 Å². The molecular weight excluding hydrogens is 180 g/mol. The molecule has 2 aromatic heterocycles. The molecule has 0 unspecified atom stereocenters. The average molecular weight is 190 g/mol. The lowest BCUT2D eigenvalue weighted by Gasteiger charge is -2.00. The van der Waals surface area contributed by atoms with Crippen molar-refractivity contribution in [2.45, 2.75) is 6.42 Å². The minimum absolute atomic E-state index is 0.243. The Balaban J connectivity index is 2.41. The van der Waals surface area contributed by atoms with E-state index in [1.165, 1.54) is 7.11 Å². The third-order valence-corrected chi connectivity index (χ3v) is 2.10. The Bertz CT molecular complexity index is 462. The Morgan fingerprint density at radius 3 is 3.21 bits per heavy atom. The SMILES string of the molecule is COC(=O)Cc1ccnc2cc[nH]c12. The van der Waals surface area contributed by atoms with E-state index in [1.54, 1.807) is 12.4 Å². The number of hydrogen-bond donors (Lipinski definition) is 1. The summed E-state index contributed by atoms with van der Waals surface area (Å²) in [7, 11) is 1.38. The van der Waals surface area contributed by atoms with Gasteiger partial charge in [0.15, 0.2) is 0 Å². The average Bonchev–Trinajstić information content (AvgIpc) is 2.66. The highest BCUT2D eigenvalue weighted by Gasteiger charge is 2.07. The molecule has 14 heavy (non-hydrogen) atoms. The van der Waals surface area contributed by atoms with Crippen LogP contribution in [0.2, 0.25) is 0 Å². The van der Waals surface area contributed by atoms with Gasteiger partial charge in [0.25, 0.3) is 0 Å². The van der Waals surface area contributed by atoms with E-state index in [4.69, 9.17) is 0 Å². The summed E-state index contributed by atoms with van der Waals surface area (Å²) in [6, 6.07) is 3.69. The summed E-state index contributed by atoms with van der Waals surface area (Å²) in [4.78, 5) is 18.3. The summed E-state index contributed by atoms with van der Waals surface area (Å²) in [5.74, 6) is -0.243.